The van der Waals surface area contributed by atoms with Crippen molar-refractivity contribution in [3.05, 3.63) is 33.8 Å². The number of methoxy groups -OCH3 is 1. The van der Waals surface area contributed by atoms with Gasteiger partial charge in [0.15, 0.2) is 0 Å². The molecule has 0 saturated carbocycles. The molecule has 0 aliphatic carbocycles. The largest absolute Gasteiger partial charge is 0.444 e. The van der Waals surface area contributed by atoms with Crippen molar-refractivity contribution in [2.45, 2.75) is 58.7 Å². The zero-order chi connectivity index (χ0) is 21.5. The maximum absolute atomic E-state index is 12.9. The minimum Gasteiger partial charge on any atom is -0.444 e. The zero-order valence-electron chi connectivity index (χ0n) is 17.3. The molecule has 0 saturated heterocycles. The molecule has 8 heteroatoms. The van der Waals surface area contributed by atoms with Crippen LogP contribution in [-0.2, 0) is 14.3 Å². The summed E-state index contributed by atoms with van der Waals surface area (Å²) in [6, 6.07) is 3.81. The van der Waals surface area contributed by atoms with Crippen molar-refractivity contribution >= 4 is 35.2 Å². The Labute approximate surface area is 177 Å². The lowest BCUT2D eigenvalue weighted by Gasteiger charge is -2.26. The molecule has 158 valence electrons. The van der Waals surface area contributed by atoms with Crippen LogP contribution in [-0.4, -0.2) is 37.4 Å². The minimum absolute atomic E-state index is 0.186. The summed E-state index contributed by atoms with van der Waals surface area (Å²) in [5.41, 5.74) is 0.0278. The van der Waals surface area contributed by atoms with Gasteiger partial charge in [-0.2, -0.15) is 0 Å². The van der Waals surface area contributed by atoms with E-state index in [1.807, 2.05) is 13.8 Å². The van der Waals surface area contributed by atoms with E-state index < -0.39 is 23.8 Å². The second kappa shape index (κ2) is 10.9. The second-order valence-corrected chi connectivity index (χ2v) is 8.85. The summed E-state index contributed by atoms with van der Waals surface area (Å²) >= 11 is 12.2. The highest BCUT2D eigenvalue weighted by atomic mass is 35.5. The van der Waals surface area contributed by atoms with Gasteiger partial charge in [0.25, 0.3) is 0 Å². The number of hydrogen-bond donors (Lipinski definition) is 2. The zero-order valence-corrected chi connectivity index (χ0v) is 18.8. The normalized spacial score (nSPS) is 13.8. The first-order valence-electron chi connectivity index (χ1n) is 9.16. The number of carbonyl (C=O) groups is 2. The number of hydrogen-bond acceptors (Lipinski definition) is 4. The number of halogens is 2. The van der Waals surface area contributed by atoms with E-state index in [-0.39, 0.29) is 18.4 Å². The maximum atomic E-state index is 12.9. The quantitative estimate of drug-likeness (QED) is 0.621. The van der Waals surface area contributed by atoms with Crippen LogP contribution in [0.1, 0.15) is 52.6 Å². The molecule has 2 unspecified atom stereocenters. The standard InChI is InChI=1S/C20H30Cl2N2O4/c1-12(2)9-16(24-19(26)28-20(3,4)5)18(25)23-17(11-27-6)14-8-7-13(21)10-15(14)22/h7-8,10,12,16-17H,9,11H2,1-6H3,(H,23,25)(H,24,26). The molecular weight excluding hydrogens is 403 g/mol. The van der Waals surface area contributed by atoms with E-state index in [0.29, 0.717) is 22.0 Å². The molecule has 0 aliphatic heterocycles. The van der Waals surface area contributed by atoms with Gasteiger partial charge in [-0.15, -0.1) is 0 Å². The summed E-state index contributed by atoms with van der Waals surface area (Å²) in [5, 5.41) is 6.49. The fraction of sp³-hybridized carbons (Fsp3) is 0.600. The number of carbonyl (C=O) groups excluding carboxylic acids is 2. The van der Waals surface area contributed by atoms with Crippen LogP contribution in [0, 0.1) is 5.92 Å². The van der Waals surface area contributed by atoms with E-state index in [0.717, 1.165) is 0 Å². The summed E-state index contributed by atoms with van der Waals surface area (Å²) in [4.78, 5) is 25.1. The van der Waals surface area contributed by atoms with Crippen LogP contribution in [0.15, 0.2) is 18.2 Å². The molecular formula is C20H30Cl2N2O4. The first-order chi connectivity index (χ1) is 12.9. The number of alkyl carbamates (subject to hydrolysis) is 1. The topological polar surface area (TPSA) is 76.7 Å². The third-order valence-corrected chi connectivity index (χ3v) is 4.26. The van der Waals surface area contributed by atoms with E-state index in [1.54, 1.807) is 39.0 Å². The molecule has 0 aromatic heterocycles. The van der Waals surface area contributed by atoms with E-state index in [2.05, 4.69) is 10.6 Å². The van der Waals surface area contributed by atoms with E-state index in [4.69, 9.17) is 32.7 Å². The van der Waals surface area contributed by atoms with Crippen molar-refractivity contribution in [3.8, 4) is 0 Å². The molecule has 0 aliphatic rings. The van der Waals surface area contributed by atoms with Gasteiger partial charge in [-0.3, -0.25) is 4.79 Å². The Morgan fingerprint density at radius 2 is 1.79 bits per heavy atom. The third kappa shape index (κ3) is 8.67. The molecule has 1 aromatic carbocycles. The Kier molecular flexibility index (Phi) is 9.54. The summed E-state index contributed by atoms with van der Waals surface area (Å²) in [7, 11) is 1.54. The van der Waals surface area contributed by atoms with Gasteiger partial charge in [0, 0.05) is 17.2 Å². The maximum Gasteiger partial charge on any atom is 0.408 e. The van der Waals surface area contributed by atoms with Crippen LogP contribution >= 0.6 is 23.2 Å². The summed E-state index contributed by atoms with van der Waals surface area (Å²) in [6.45, 7) is 9.46. The Morgan fingerprint density at radius 1 is 1.14 bits per heavy atom. The van der Waals surface area contributed by atoms with Crippen LogP contribution in [0.25, 0.3) is 0 Å². The second-order valence-electron chi connectivity index (χ2n) is 8.01. The Morgan fingerprint density at radius 3 is 2.29 bits per heavy atom. The number of amides is 2. The molecule has 1 rings (SSSR count). The number of benzene rings is 1. The van der Waals surface area contributed by atoms with Gasteiger partial charge >= 0.3 is 6.09 Å². The van der Waals surface area contributed by atoms with Crippen LogP contribution < -0.4 is 10.6 Å². The monoisotopic (exact) mass is 432 g/mol. The van der Waals surface area contributed by atoms with Gasteiger partial charge in [0.05, 0.1) is 12.6 Å². The molecule has 2 amide bonds. The molecule has 28 heavy (non-hydrogen) atoms. The first kappa shape index (κ1) is 24.5. The van der Waals surface area contributed by atoms with Crippen molar-refractivity contribution in [3.63, 3.8) is 0 Å². The van der Waals surface area contributed by atoms with Gasteiger partial charge in [0.2, 0.25) is 5.91 Å². The average Bonchev–Trinajstić information content (AvgIpc) is 2.51. The van der Waals surface area contributed by atoms with Gasteiger partial charge in [-0.1, -0.05) is 43.1 Å². The van der Waals surface area contributed by atoms with E-state index in [1.165, 1.54) is 7.11 Å². The Bertz CT molecular complexity index is 675. The fourth-order valence-corrected chi connectivity index (χ4v) is 3.13. The van der Waals surface area contributed by atoms with Gasteiger partial charge < -0.3 is 20.1 Å². The molecule has 2 atom stereocenters. The first-order valence-corrected chi connectivity index (χ1v) is 9.92. The molecule has 0 spiro atoms. The van der Waals surface area contributed by atoms with Crippen molar-refractivity contribution < 1.29 is 19.1 Å². The number of nitrogens with one attached hydrogen (secondary N) is 2. The predicted octanol–water partition coefficient (Wildman–Crippen LogP) is 4.74. The smallest absolute Gasteiger partial charge is 0.408 e. The highest BCUT2D eigenvalue weighted by Crippen LogP contribution is 2.27. The minimum atomic E-state index is -0.750. The molecule has 0 heterocycles. The van der Waals surface area contributed by atoms with Gasteiger partial charge in [-0.25, -0.2) is 4.79 Å². The number of ether oxygens (including phenoxy) is 2. The lowest BCUT2D eigenvalue weighted by molar-refractivity contribution is -0.124. The highest BCUT2D eigenvalue weighted by molar-refractivity contribution is 6.35. The third-order valence-electron chi connectivity index (χ3n) is 3.70. The molecule has 0 radical (unpaired) electrons. The summed E-state index contributed by atoms with van der Waals surface area (Å²) < 4.78 is 10.5. The van der Waals surface area contributed by atoms with Crippen molar-refractivity contribution in [2.75, 3.05) is 13.7 Å². The van der Waals surface area contributed by atoms with Crippen LogP contribution in [0.4, 0.5) is 4.79 Å². The van der Waals surface area contributed by atoms with Crippen LogP contribution in [0.5, 0.6) is 0 Å². The van der Waals surface area contributed by atoms with Crippen molar-refractivity contribution in [2.24, 2.45) is 5.92 Å². The van der Waals surface area contributed by atoms with Gasteiger partial charge in [-0.05, 0) is 50.8 Å². The highest BCUT2D eigenvalue weighted by Gasteiger charge is 2.27. The fourth-order valence-electron chi connectivity index (χ4n) is 2.59. The molecule has 0 fully saturated rings. The molecule has 2 N–H and O–H groups in total. The summed E-state index contributed by atoms with van der Waals surface area (Å²) in [5.74, 6) is -0.154. The SMILES string of the molecule is COCC(NC(=O)C(CC(C)C)NC(=O)OC(C)(C)C)c1ccc(Cl)cc1Cl. The molecule has 1 aromatic rings. The lowest BCUT2D eigenvalue weighted by atomic mass is 10.0. The molecule has 0 bridgehead atoms. The van der Waals surface area contributed by atoms with Crippen LogP contribution in [0.3, 0.4) is 0 Å². The Balaban J connectivity index is 2.97. The number of rotatable bonds is 8. The lowest BCUT2D eigenvalue weighted by Crippen LogP contribution is -2.50. The van der Waals surface area contributed by atoms with Gasteiger partial charge in [0.1, 0.15) is 11.6 Å². The van der Waals surface area contributed by atoms with Crippen molar-refractivity contribution in [1.82, 2.24) is 10.6 Å². The van der Waals surface area contributed by atoms with E-state index >= 15 is 0 Å². The van der Waals surface area contributed by atoms with E-state index in [9.17, 15) is 9.59 Å². The van der Waals surface area contributed by atoms with Crippen LogP contribution in [0.2, 0.25) is 10.0 Å². The van der Waals surface area contributed by atoms with Crippen molar-refractivity contribution in [1.29, 1.82) is 0 Å². The predicted molar refractivity (Wildman–Crippen MR) is 112 cm³/mol. The Hall–Kier alpha value is -1.50. The average molecular weight is 433 g/mol. The summed E-state index contributed by atoms with van der Waals surface area (Å²) in [6.07, 6.45) is -0.180. The molecule has 6 nitrogen and oxygen atoms in total.